The minimum Gasteiger partial charge on any atom is -0.423 e. The van der Waals surface area contributed by atoms with Crippen molar-refractivity contribution in [3.05, 3.63) is 45.3 Å². The molecule has 0 aliphatic heterocycles. The fourth-order valence-electron chi connectivity index (χ4n) is 3.50. The van der Waals surface area contributed by atoms with Crippen LogP contribution in [0.1, 0.15) is 56.2 Å². The molecule has 0 unspecified atom stereocenters. The van der Waals surface area contributed by atoms with E-state index in [-0.39, 0.29) is 5.63 Å². The molecule has 0 bridgehead atoms. The normalized spacial score (nSPS) is 16.5. The van der Waals surface area contributed by atoms with Crippen LogP contribution < -0.4 is 5.63 Å². The van der Waals surface area contributed by atoms with E-state index < -0.39 is 0 Å². The van der Waals surface area contributed by atoms with Crippen LogP contribution in [0.25, 0.3) is 11.0 Å². The SMILES string of the molecule is Cc1cc2oc(=O)cc(CN(C)[C@H](C)C3CC3)c2cc1C(C)C. The standard InChI is InChI=1S/C20H27NO2/c1-12(2)17-10-18-16(11-21(5)14(4)15-6-7-15)9-20(22)23-19(18)8-13(17)3/h8-10,12,14-15H,6-7,11H2,1-5H3/t14-/m1/s1. The molecule has 1 heterocycles. The van der Waals surface area contributed by atoms with Gasteiger partial charge >= 0.3 is 5.63 Å². The second kappa shape index (κ2) is 6.12. The van der Waals surface area contributed by atoms with E-state index in [1.807, 2.05) is 6.07 Å². The molecule has 2 aromatic rings. The summed E-state index contributed by atoms with van der Waals surface area (Å²) in [6.07, 6.45) is 2.67. The van der Waals surface area contributed by atoms with Gasteiger partial charge in [0.15, 0.2) is 0 Å². The Morgan fingerprint density at radius 3 is 2.52 bits per heavy atom. The fraction of sp³-hybridized carbons (Fsp3) is 0.550. The largest absolute Gasteiger partial charge is 0.423 e. The molecule has 3 rings (SSSR count). The Morgan fingerprint density at radius 2 is 1.91 bits per heavy atom. The lowest BCUT2D eigenvalue weighted by atomic mass is 9.94. The minimum absolute atomic E-state index is 0.253. The molecule has 0 amide bonds. The maximum atomic E-state index is 11.9. The number of hydrogen-bond acceptors (Lipinski definition) is 3. The van der Waals surface area contributed by atoms with Crippen LogP contribution in [0, 0.1) is 12.8 Å². The van der Waals surface area contributed by atoms with E-state index in [0.717, 1.165) is 23.4 Å². The van der Waals surface area contributed by atoms with Gasteiger partial charge in [0.25, 0.3) is 0 Å². The van der Waals surface area contributed by atoms with Crippen molar-refractivity contribution in [3.8, 4) is 0 Å². The van der Waals surface area contributed by atoms with Gasteiger partial charge in [-0.1, -0.05) is 13.8 Å². The number of aryl methyl sites for hydroxylation is 1. The van der Waals surface area contributed by atoms with Crippen molar-refractivity contribution in [1.82, 2.24) is 4.90 Å². The molecule has 23 heavy (non-hydrogen) atoms. The number of rotatable bonds is 5. The third-order valence-electron chi connectivity index (χ3n) is 5.26. The molecular weight excluding hydrogens is 286 g/mol. The molecule has 1 atom stereocenters. The summed E-state index contributed by atoms with van der Waals surface area (Å²) >= 11 is 0. The molecule has 1 fully saturated rings. The first kappa shape index (κ1) is 16.3. The van der Waals surface area contributed by atoms with Crippen molar-refractivity contribution in [3.63, 3.8) is 0 Å². The molecule has 3 nitrogen and oxygen atoms in total. The smallest absolute Gasteiger partial charge is 0.336 e. The van der Waals surface area contributed by atoms with Crippen LogP contribution in [0.3, 0.4) is 0 Å². The molecule has 1 aliphatic carbocycles. The van der Waals surface area contributed by atoms with Gasteiger partial charge in [-0.3, -0.25) is 4.90 Å². The van der Waals surface area contributed by atoms with Crippen LogP contribution in [0.15, 0.2) is 27.4 Å². The Morgan fingerprint density at radius 1 is 1.22 bits per heavy atom. The van der Waals surface area contributed by atoms with Crippen LogP contribution in [0.4, 0.5) is 0 Å². The number of hydrogen-bond donors (Lipinski definition) is 0. The highest BCUT2D eigenvalue weighted by Crippen LogP contribution is 2.35. The highest BCUT2D eigenvalue weighted by molar-refractivity contribution is 5.82. The molecule has 0 radical (unpaired) electrons. The second-order valence-electron chi connectivity index (χ2n) is 7.44. The summed E-state index contributed by atoms with van der Waals surface area (Å²) in [5.74, 6) is 1.28. The lowest BCUT2D eigenvalue weighted by Gasteiger charge is -2.25. The van der Waals surface area contributed by atoms with Gasteiger partial charge in [0.1, 0.15) is 5.58 Å². The molecule has 0 N–H and O–H groups in total. The summed E-state index contributed by atoms with van der Waals surface area (Å²) in [6.45, 7) is 9.57. The zero-order chi connectivity index (χ0) is 16.7. The van der Waals surface area contributed by atoms with E-state index in [1.165, 1.54) is 24.0 Å². The molecular formula is C20H27NO2. The third-order valence-corrected chi connectivity index (χ3v) is 5.26. The Bertz CT molecular complexity index is 771. The van der Waals surface area contributed by atoms with Crippen molar-refractivity contribution in [2.45, 2.75) is 59.0 Å². The fourth-order valence-corrected chi connectivity index (χ4v) is 3.50. The number of benzene rings is 1. The van der Waals surface area contributed by atoms with Crippen LogP contribution in [-0.2, 0) is 6.54 Å². The van der Waals surface area contributed by atoms with Gasteiger partial charge in [-0.2, -0.15) is 0 Å². The van der Waals surface area contributed by atoms with Crippen LogP contribution >= 0.6 is 0 Å². The summed E-state index contributed by atoms with van der Waals surface area (Å²) in [7, 11) is 2.15. The van der Waals surface area contributed by atoms with Gasteiger partial charge in [0.2, 0.25) is 0 Å². The predicted molar refractivity (Wildman–Crippen MR) is 95.0 cm³/mol. The number of fused-ring (bicyclic) bond motifs is 1. The van der Waals surface area contributed by atoms with E-state index in [4.69, 9.17) is 4.42 Å². The Labute approximate surface area is 138 Å². The van der Waals surface area contributed by atoms with Gasteiger partial charge in [-0.15, -0.1) is 0 Å². The zero-order valence-corrected chi connectivity index (χ0v) is 14.8. The van der Waals surface area contributed by atoms with Crippen molar-refractivity contribution >= 4 is 11.0 Å². The van der Waals surface area contributed by atoms with Crippen LogP contribution in [0.2, 0.25) is 0 Å². The molecule has 1 aromatic carbocycles. The number of nitrogens with zero attached hydrogens (tertiary/aromatic N) is 1. The first-order chi connectivity index (χ1) is 10.9. The van der Waals surface area contributed by atoms with Gasteiger partial charge < -0.3 is 4.42 Å². The highest BCUT2D eigenvalue weighted by atomic mass is 16.4. The average molecular weight is 313 g/mol. The van der Waals surface area contributed by atoms with Crippen molar-refractivity contribution in [1.29, 1.82) is 0 Å². The Kier molecular flexibility index (Phi) is 4.33. The summed E-state index contributed by atoms with van der Waals surface area (Å²) in [5.41, 5.74) is 4.05. The first-order valence-corrected chi connectivity index (χ1v) is 8.64. The zero-order valence-electron chi connectivity index (χ0n) is 14.8. The Hall–Kier alpha value is -1.61. The third kappa shape index (κ3) is 3.35. The van der Waals surface area contributed by atoms with Gasteiger partial charge in [-0.05, 0) is 74.4 Å². The molecule has 1 aliphatic rings. The van der Waals surface area contributed by atoms with E-state index in [2.05, 4.69) is 45.7 Å². The molecule has 1 saturated carbocycles. The maximum absolute atomic E-state index is 11.9. The quantitative estimate of drug-likeness (QED) is 0.764. The van der Waals surface area contributed by atoms with E-state index in [1.54, 1.807) is 6.07 Å². The summed E-state index contributed by atoms with van der Waals surface area (Å²) in [6, 6.07) is 6.45. The first-order valence-electron chi connectivity index (χ1n) is 8.64. The summed E-state index contributed by atoms with van der Waals surface area (Å²) < 4.78 is 5.45. The van der Waals surface area contributed by atoms with Gasteiger partial charge in [-0.25, -0.2) is 4.79 Å². The predicted octanol–water partition coefficient (Wildman–Crippen LogP) is 4.46. The van der Waals surface area contributed by atoms with Crippen LogP contribution in [0.5, 0.6) is 0 Å². The van der Waals surface area contributed by atoms with Crippen molar-refractivity contribution in [2.24, 2.45) is 5.92 Å². The van der Waals surface area contributed by atoms with Crippen molar-refractivity contribution < 1.29 is 4.42 Å². The molecule has 3 heteroatoms. The Balaban J connectivity index is 2.03. The second-order valence-corrected chi connectivity index (χ2v) is 7.44. The molecule has 0 saturated heterocycles. The summed E-state index contributed by atoms with van der Waals surface area (Å²) in [5, 5.41) is 1.08. The minimum atomic E-state index is -0.253. The van der Waals surface area contributed by atoms with Gasteiger partial charge in [0, 0.05) is 24.0 Å². The van der Waals surface area contributed by atoms with E-state index in [0.29, 0.717) is 17.5 Å². The lowest BCUT2D eigenvalue weighted by Crippen LogP contribution is -2.30. The van der Waals surface area contributed by atoms with Crippen LogP contribution in [-0.4, -0.2) is 18.0 Å². The lowest BCUT2D eigenvalue weighted by molar-refractivity contribution is 0.227. The van der Waals surface area contributed by atoms with E-state index >= 15 is 0 Å². The topological polar surface area (TPSA) is 33.5 Å². The van der Waals surface area contributed by atoms with Gasteiger partial charge in [0.05, 0.1) is 0 Å². The maximum Gasteiger partial charge on any atom is 0.336 e. The average Bonchev–Trinajstić information content (AvgIpc) is 3.29. The summed E-state index contributed by atoms with van der Waals surface area (Å²) in [4.78, 5) is 14.3. The van der Waals surface area contributed by atoms with E-state index in [9.17, 15) is 4.79 Å². The monoisotopic (exact) mass is 313 g/mol. The van der Waals surface area contributed by atoms with Crippen molar-refractivity contribution in [2.75, 3.05) is 7.05 Å². The molecule has 0 spiro atoms. The molecule has 1 aromatic heterocycles. The molecule has 124 valence electrons. The highest BCUT2D eigenvalue weighted by Gasteiger charge is 2.30.